The lowest BCUT2D eigenvalue weighted by atomic mass is 10.2. The molecule has 0 radical (unpaired) electrons. The number of benzene rings is 1. The number of para-hydroxylation sites is 1. The van der Waals surface area contributed by atoms with Gasteiger partial charge in [0.2, 0.25) is 0 Å². The van der Waals surface area contributed by atoms with Crippen LogP contribution >= 0.6 is 0 Å². The minimum Gasteiger partial charge on any atom is -0.317 e. The van der Waals surface area contributed by atoms with Crippen LogP contribution in [0.15, 0.2) is 42.6 Å². The van der Waals surface area contributed by atoms with Crippen molar-refractivity contribution >= 4 is 0 Å². The Bertz CT molecular complexity index is 533. The highest BCUT2D eigenvalue weighted by atomic mass is 19.1. The van der Waals surface area contributed by atoms with Crippen LogP contribution in [0.5, 0.6) is 0 Å². The lowest BCUT2D eigenvalue weighted by Gasteiger charge is -2.21. The fourth-order valence-electron chi connectivity index (χ4n) is 2.39. The van der Waals surface area contributed by atoms with Crippen molar-refractivity contribution in [1.82, 2.24) is 9.47 Å². The Kier molecular flexibility index (Phi) is 5.36. The molecule has 0 atom stereocenters. The van der Waals surface area contributed by atoms with Crippen molar-refractivity contribution in [3.8, 4) is 5.69 Å². The number of unbranched alkanes of at least 4 members (excludes halogenated alkanes) is 1. The molecule has 0 aliphatic rings. The van der Waals surface area contributed by atoms with Gasteiger partial charge in [-0.2, -0.15) is 0 Å². The Hall–Kier alpha value is -1.61. The summed E-state index contributed by atoms with van der Waals surface area (Å²) in [6.07, 6.45) is 4.33. The Labute approximate surface area is 120 Å². The van der Waals surface area contributed by atoms with Crippen LogP contribution in [0.3, 0.4) is 0 Å². The van der Waals surface area contributed by atoms with Crippen LogP contribution in [-0.2, 0) is 6.54 Å². The van der Waals surface area contributed by atoms with Crippen molar-refractivity contribution in [2.45, 2.75) is 33.2 Å². The number of hydrogen-bond donors (Lipinski definition) is 0. The molecule has 0 aliphatic carbocycles. The second kappa shape index (κ2) is 7.25. The van der Waals surface area contributed by atoms with E-state index in [2.05, 4.69) is 24.8 Å². The minimum absolute atomic E-state index is 0.179. The smallest absolute Gasteiger partial charge is 0.147 e. The summed E-state index contributed by atoms with van der Waals surface area (Å²) in [5.41, 5.74) is 1.76. The van der Waals surface area contributed by atoms with Gasteiger partial charge >= 0.3 is 0 Å². The van der Waals surface area contributed by atoms with Gasteiger partial charge in [-0.1, -0.05) is 32.4 Å². The van der Waals surface area contributed by atoms with Crippen molar-refractivity contribution in [3.05, 3.63) is 54.1 Å². The van der Waals surface area contributed by atoms with Crippen molar-refractivity contribution < 1.29 is 4.39 Å². The highest BCUT2D eigenvalue weighted by Crippen LogP contribution is 2.17. The average Bonchev–Trinajstić information content (AvgIpc) is 2.92. The molecule has 2 nitrogen and oxygen atoms in total. The molecule has 0 spiro atoms. The van der Waals surface area contributed by atoms with Crippen molar-refractivity contribution in [1.29, 1.82) is 0 Å². The highest BCUT2D eigenvalue weighted by molar-refractivity contribution is 5.36. The molecule has 0 saturated heterocycles. The van der Waals surface area contributed by atoms with E-state index in [-0.39, 0.29) is 5.82 Å². The minimum atomic E-state index is -0.179. The van der Waals surface area contributed by atoms with E-state index in [0.29, 0.717) is 5.69 Å². The van der Waals surface area contributed by atoms with Crippen molar-refractivity contribution in [3.63, 3.8) is 0 Å². The maximum absolute atomic E-state index is 13.9. The third-order valence-corrected chi connectivity index (χ3v) is 3.61. The summed E-state index contributed by atoms with van der Waals surface area (Å²) in [4.78, 5) is 2.40. The molecule has 0 N–H and O–H groups in total. The molecule has 2 rings (SSSR count). The van der Waals surface area contributed by atoms with Gasteiger partial charge in [0.05, 0.1) is 5.69 Å². The summed E-state index contributed by atoms with van der Waals surface area (Å²) >= 11 is 0. The van der Waals surface area contributed by atoms with Gasteiger partial charge in [-0.25, -0.2) is 4.39 Å². The largest absolute Gasteiger partial charge is 0.317 e. The van der Waals surface area contributed by atoms with E-state index in [4.69, 9.17) is 0 Å². The fourth-order valence-corrected chi connectivity index (χ4v) is 2.39. The summed E-state index contributed by atoms with van der Waals surface area (Å²) in [6.45, 7) is 7.34. The average molecular weight is 274 g/mol. The summed E-state index contributed by atoms with van der Waals surface area (Å²) in [5.74, 6) is -0.179. The van der Waals surface area contributed by atoms with E-state index < -0.39 is 0 Å². The molecule has 0 unspecified atom stereocenters. The van der Waals surface area contributed by atoms with Gasteiger partial charge in [0.25, 0.3) is 0 Å². The number of halogens is 1. The van der Waals surface area contributed by atoms with Gasteiger partial charge in [-0.3, -0.25) is 4.90 Å². The van der Waals surface area contributed by atoms with E-state index in [1.54, 1.807) is 6.07 Å². The fraction of sp³-hybridized carbons (Fsp3) is 0.412. The van der Waals surface area contributed by atoms with Gasteiger partial charge in [-0.15, -0.1) is 0 Å². The van der Waals surface area contributed by atoms with Gasteiger partial charge in [0.15, 0.2) is 0 Å². The molecule has 0 bridgehead atoms. The van der Waals surface area contributed by atoms with Gasteiger partial charge < -0.3 is 4.57 Å². The molecule has 108 valence electrons. The SMILES string of the molecule is CCCCN(CC)Cc1cccn1-c1ccccc1F. The predicted octanol–water partition coefficient (Wildman–Crippen LogP) is 4.24. The first-order valence-corrected chi connectivity index (χ1v) is 7.39. The topological polar surface area (TPSA) is 8.17 Å². The van der Waals surface area contributed by atoms with Crippen LogP contribution in [-0.4, -0.2) is 22.6 Å². The van der Waals surface area contributed by atoms with Gasteiger partial charge in [0.1, 0.15) is 5.82 Å². The zero-order chi connectivity index (χ0) is 14.4. The summed E-state index contributed by atoms with van der Waals surface area (Å²) in [5, 5.41) is 0. The summed E-state index contributed by atoms with van der Waals surface area (Å²) in [7, 11) is 0. The van der Waals surface area contributed by atoms with Crippen LogP contribution in [0.25, 0.3) is 5.69 Å². The first-order valence-electron chi connectivity index (χ1n) is 7.39. The third-order valence-electron chi connectivity index (χ3n) is 3.61. The Morgan fingerprint density at radius 1 is 1.10 bits per heavy atom. The maximum atomic E-state index is 13.9. The second-order valence-electron chi connectivity index (χ2n) is 5.04. The predicted molar refractivity (Wildman–Crippen MR) is 81.6 cm³/mol. The lowest BCUT2D eigenvalue weighted by Crippen LogP contribution is -2.25. The van der Waals surface area contributed by atoms with Crippen LogP contribution in [0.1, 0.15) is 32.4 Å². The molecule has 0 fully saturated rings. The van der Waals surface area contributed by atoms with Gasteiger partial charge in [-0.05, 0) is 43.8 Å². The van der Waals surface area contributed by atoms with E-state index in [1.165, 1.54) is 18.9 Å². The Balaban J connectivity index is 2.18. The standard InChI is InChI=1S/C17H23FN2/c1-3-5-12-19(4-2)14-15-9-8-13-20(15)17-11-7-6-10-16(17)18/h6-11,13H,3-5,12,14H2,1-2H3. The number of rotatable bonds is 7. The van der Waals surface area contributed by atoms with Crippen LogP contribution in [0, 0.1) is 5.82 Å². The normalized spacial score (nSPS) is 11.2. The third kappa shape index (κ3) is 3.48. The molecular formula is C17H23FN2. The highest BCUT2D eigenvalue weighted by Gasteiger charge is 2.10. The van der Waals surface area contributed by atoms with Gasteiger partial charge in [0, 0.05) is 18.4 Å². The molecule has 20 heavy (non-hydrogen) atoms. The van der Waals surface area contributed by atoms with E-state index >= 15 is 0 Å². The zero-order valence-electron chi connectivity index (χ0n) is 12.3. The number of hydrogen-bond acceptors (Lipinski definition) is 1. The quantitative estimate of drug-likeness (QED) is 0.733. The molecular weight excluding hydrogens is 251 g/mol. The molecule has 1 aromatic heterocycles. The van der Waals surface area contributed by atoms with E-state index in [9.17, 15) is 4.39 Å². The first kappa shape index (κ1) is 14.8. The van der Waals surface area contributed by atoms with Crippen LogP contribution in [0.4, 0.5) is 4.39 Å². The van der Waals surface area contributed by atoms with E-state index in [1.807, 2.05) is 29.0 Å². The number of aromatic nitrogens is 1. The maximum Gasteiger partial charge on any atom is 0.147 e. The summed E-state index contributed by atoms with van der Waals surface area (Å²) in [6, 6.07) is 11.0. The Morgan fingerprint density at radius 3 is 2.60 bits per heavy atom. The molecule has 1 heterocycles. The monoisotopic (exact) mass is 274 g/mol. The molecule has 3 heteroatoms. The lowest BCUT2D eigenvalue weighted by molar-refractivity contribution is 0.270. The Morgan fingerprint density at radius 2 is 1.90 bits per heavy atom. The molecule has 0 saturated carbocycles. The molecule has 2 aromatic rings. The first-order chi connectivity index (χ1) is 9.76. The second-order valence-corrected chi connectivity index (χ2v) is 5.04. The van der Waals surface area contributed by atoms with Crippen molar-refractivity contribution in [2.75, 3.05) is 13.1 Å². The van der Waals surface area contributed by atoms with Crippen LogP contribution in [0.2, 0.25) is 0 Å². The summed E-state index contributed by atoms with van der Waals surface area (Å²) < 4.78 is 15.9. The van der Waals surface area contributed by atoms with E-state index in [0.717, 1.165) is 25.3 Å². The number of nitrogens with zero attached hydrogens (tertiary/aromatic N) is 2. The van der Waals surface area contributed by atoms with Crippen molar-refractivity contribution in [2.24, 2.45) is 0 Å². The molecule has 0 amide bonds. The van der Waals surface area contributed by atoms with Crippen LogP contribution < -0.4 is 0 Å². The molecule has 1 aromatic carbocycles. The molecule has 0 aliphatic heterocycles. The zero-order valence-corrected chi connectivity index (χ0v) is 12.3.